The Bertz CT molecular complexity index is 481. The third kappa shape index (κ3) is 3.31. The Labute approximate surface area is 114 Å². The second-order valence-corrected chi connectivity index (χ2v) is 5.20. The van der Waals surface area contributed by atoms with Gasteiger partial charge in [-0.15, -0.1) is 0 Å². The summed E-state index contributed by atoms with van der Waals surface area (Å²) in [6, 6.07) is 7.31. The Kier molecular flexibility index (Phi) is 4.52. The number of hydrogen-bond donors (Lipinski definition) is 0. The molecule has 0 saturated carbocycles. The molecule has 1 aliphatic heterocycles. The molecule has 0 N–H and O–H groups in total. The Morgan fingerprint density at radius 1 is 1.42 bits per heavy atom. The first-order chi connectivity index (χ1) is 9.13. The van der Waals surface area contributed by atoms with Gasteiger partial charge in [0.2, 0.25) is 0 Å². The van der Waals surface area contributed by atoms with E-state index in [1.807, 2.05) is 6.07 Å². The third-order valence-electron chi connectivity index (χ3n) is 3.89. The lowest BCUT2D eigenvalue weighted by Gasteiger charge is -2.39. The topological polar surface area (TPSA) is 30.3 Å². The van der Waals surface area contributed by atoms with Gasteiger partial charge in [0.05, 0.1) is 5.56 Å². The van der Waals surface area contributed by atoms with E-state index in [1.54, 1.807) is 12.1 Å². The zero-order valence-corrected chi connectivity index (χ0v) is 11.6. The van der Waals surface area contributed by atoms with E-state index in [4.69, 9.17) is 5.26 Å². The fourth-order valence-corrected chi connectivity index (χ4v) is 2.61. The number of halogens is 1. The summed E-state index contributed by atoms with van der Waals surface area (Å²) in [6.07, 6.45) is 1.14. The molecule has 1 aliphatic rings. The summed E-state index contributed by atoms with van der Waals surface area (Å²) >= 11 is 0. The molecule has 1 atom stereocenters. The van der Waals surface area contributed by atoms with Crippen molar-refractivity contribution in [3.05, 3.63) is 35.1 Å². The molecular formula is C15H20FN3. The van der Waals surface area contributed by atoms with Crippen LogP contribution in [0, 0.1) is 17.1 Å². The van der Waals surface area contributed by atoms with Crippen molar-refractivity contribution < 1.29 is 4.39 Å². The maximum Gasteiger partial charge on any atom is 0.140 e. The molecule has 0 radical (unpaired) electrons. The van der Waals surface area contributed by atoms with Crippen LogP contribution in [0.2, 0.25) is 0 Å². The molecule has 1 unspecified atom stereocenters. The average molecular weight is 261 g/mol. The highest BCUT2D eigenvalue weighted by Crippen LogP contribution is 2.16. The summed E-state index contributed by atoms with van der Waals surface area (Å²) in [5, 5.41) is 8.85. The number of nitriles is 1. The first kappa shape index (κ1) is 14.0. The van der Waals surface area contributed by atoms with Gasteiger partial charge in [0.25, 0.3) is 0 Å². The van der Waals surface area contributed by atoms with Crippen molar-refractivity contribution in [2.45, 2.75) is 25.9 Å². The van der Waals surface area contributed by atoms with Gasteiger partial charge in [-0.1, -0.05) is 13.0 Å². The Hall–Kier alpha value is -1.44. The average Bonchev–Trinajstić information content (AvgIpc) is 2.43. The molecule has 1 fully saturated rings. The number of hydrogen-bond acceptors (Lipinski definition) is 3. The van der Waals surface area contributed by atoms with Crippen LogP contribution in [0.1, 0.15) is 24.5 Å². The third-order valence-corrected chi connectivity index (χ3v) is 3.89. The number of benzene rings is 1. The van der Waals surface area contributed by atoms with Gasteiger partial charge in [-0.05, 0) is 31.2 Å². The predicted molar refractivity (Wildman–Crippen MR) is 73.1 cm³/mol. The van der Waals surface area contributed by atoms with Crippen molar-refractivity contribution in [1.29, 1.82) is 5.26 Å². The summed E-state index contributed by atoms with van der Waals surface area (Å²) < 4.78 is 13.3. The molecule has 1 saturated heterocycles. The van der Waals surface area contributed by atoms with Crippen LogP contribution < -0.4 is 0 Å². The van der Waals surface area contributed by atoms with E-state index in [9.17, 15) is 4.39 Å². The summed E-state index contributed by atoms with van der Waals surface area (Å²) in [6.45, 7) is 6.11. The lowest BCUT2D eigenvalue weighted by molar-refractivity contribution is 0.0883. The van der Waals surface area contributed by atoms with E-state index in [-0.39, 0.29) is 5.56 Å². The SMILES string of the molecule is CCC1CN(Cc2ccc(F)c(C#N)c2)CCN1C. The molecule has 0 aliphatic carbocycles. The van der Waals surface area contributed by atoms with Crippen molar-refractivity contribution in [1.82, 2.24) is 9.80 Å². The Balaban J connectivity index is 2.04. The highest BCUT2D eigenvalue weighted by molar-refractivity contribution is 5.34. The molecule has 1 aromatic carbocycles. The van der Waals surface area contributed by atoms with E-state index >= 15 is 0 Å². The van der Waals surface area contributed by atoms with Crippen LogP contribution in [0.3, 0.4) is 0 Å². The van der Waals surface area contributed by atoms with Gasteiger partial charge < -0.3 is 4.90 Å². The summed E-state index contributed by atoms with van der Waals surface area (Å²) in [4.78, 5) is 4.77. The van der Waals surface area contributed by atoms with E-state index in [1.165, 1.54) is 6.07 Å². The smallest absolute Gasteiger partial charge is 0.140 e. The highest BCUT2D eigenvalue weighted by atomic mass is 19.1. The molecule has 4 heteroatoms. The lowest BCUT2D eigenvalue weighted by Crippen LogP contribution is -2.50. The minimum atomic E-state index is -0.434. The van der Waals surface area contributed by atoms with Gasteiger partial charge in [0.1, 0.15) is 11.9 Å². The molecular weight excluding hydrogens is 241 g/mol. The van der Waals surface area contributed by atoms with E-state index in [0.29, 0.717) is 6.04 Å². The second kappa shape index (κ2) is 6.14. The first-order valence-electron chi connectivity index (χ1n) is 6.75. The molecule has 0 bridgehead atoms. The standard InChI is InChI=1S/C15H20FN3/c1-3-14-11-19(7-6-18(14)2)10-12-4-5-15(16)13(8-12)9-17/h4-5,8,14H,3,6-7,10-11H2,1-2H3. The molecule has 19 heavy (non-hydrogen) atoms. The van der Waals surface area contributed by atoms with Gasteiger partial charge in [0.15, 0.2) is 0 Å². The fraction of sp³-hybridized carbons (Fsp3) is 0.533. The number of rotatable bonds is 3. The van der Waals surface area contributed by atoms with Crippen LogP contribution in [0.15, 0.2) is 18.2 Å². The molecule has 3 nitrogen and oxygen atoms in total. The van der Waals surface area contributed by atoms with Crippen LogP contribution in [-0.2, 0) is 6.54 Å². The molecule has 0 spiro atoms. The molecule has 0 aromatic heterocycles. The molecule has 1 heterocycles. The van der Waals surface area contributed by atoms with E-state index < -0.39 is 5.82 Å². The Morgan fingerprint density at radius 3 is 2.89 bits per heavy atom. The maximum atomic E-state index is 13.3. The summed E-state index contributed by atoms with van der Waals surface area (Å²) in [5.74, 6) is -0.434. The van der Waals surface area contributed by atoms with Crippen molar-refractivity contribution in [3.63, 3.8) is 0 Å². The van der Waals surface area contributed by atoms with Gasteiger partial charge in [-0.3, -0.25) is 4.90 Å². The van der Waals surface area contributed by atoms with Crippen molar-refractivity contribution in [3.8, 4) is 6.07 Å². The maximum absolute atomic E-state index is 13.3. The predicted octanol–water partition coefficient (Wildman–Crippen LogP) is 2.22. The normalized spacial score (nSPS) is 21.3. The second-order valence-electron chi connectivity index (χ2n) is 5.20. The van der Waals surface area contributed by atoms with Gasteiger partial charge >= 0.3 is 0 Å². The minimum absolute atomic E-state index is 0.138. The Morgan fingerprint density at radius 2 is 2.21 bits per heavy atom. The molecule has 2 rings (SSSR count). The van der Waals surface area contributed by atoms with Crippen LogP contribution >= 0.6 is 0 Å². The van der Waals surface area contributed by atoms with E-state index in [2.05, 4.69) is 23.8 Å². The zero-order chi connectivity index (χ0) is 13.8. The molecule has 1 aromatic rings. The number of nitrogens with zero attached hydrogens (tertiary/aromatic N) is 3. The van der Waals surface area contributed by atoms with Crippen molar-refractivity contribution in [2.24, 2.45) is 0 Å². The zero-order valence-electron chi connectivity index (χ0n) is 11.6. The van der Waals surface area contributed by atoms with Gasteiger partial charge in [0, 0.05) is 32.2 Å². The largest absolute Gasteiger partial charge is 0.301 e. The minimum Gasteiger partial charge on any atom is -0.301 e. The molecule has 0 amide bonds. The van der Waals surface area contributed by atoms with Crippen LogP contribution in [0.25, 0.3) is 0 Å². The van der Waals surface area contributed by atoms with Crippen LogP contribution in [0.5, 0.6) is 0 Å². The summed E-state index contributed by atoms with van der Waals surface area (Å²) in [5.41, 5.74) is 1.15. The van der Waals surface area contributed by atoms with Crippen LogP contribution in [-0.4, -0.2) is 42.5 Å². The monoisotopic (exact) mass is 261 g/mol. The van der Waals surface area contributed by atoms with Gasteiger partial charge in [-0.25, -0.2) is 4.39 Å². The van der Waals surface area contributed by atoms with Crippen LogP contribution in [0.4, 0.5) is 4.39 Å². The first-order valence-corrected chi connectivity index (χ1v) is 6.75. The van der Waals surface area contributed by atoms with E-state index in [0.717, 1.165) is 38.2 Å². The number of piperazine rings is 1. The summed E-state index contributed by atoms with van der Waals surface area (Å²) in [7, 11) is 2.16. The fourth-order valence-electron chi connectivity index (χ4n) is 2.61. The van der Waals surface area contributed by atoms with Crippen molar-refractivity contribution >= 4 is 0 Å². The quantitative estimate of drug-likeness (QED) is 0.836. The van der Waals surface area contributed by atoms with Crippen molar-refractivity contribution in [2.75, 3.05) is 26.7 Å². The molecule has 102 valence electrons. The number of likely N-dealkylation sites (N-methyl/N-ethyl adjacent to an activating group) is 1. The van der Waals surface area contributed by atoms with Gasteiger partial charge in [-0.2, -0.15) is 5.26 Å². The highest BCUT2D eigenvalue weighted by Gasteiger charge is 2.22. The lowest BCUT2D eigenvalue weighted by atomic mass is 10.1.